The molecule has 2 rings (SSSR count). The van der Waals surface area contributed by atoms with Gasteiger partial charge in [0.15, 0.2) is 5.16 Å². The molecule has 0 saturated carbocycles. The van der Waals surface area contributed by atoms with Gasteiger partial charge < -0.3 is 5.32 Å². The fourth-order valence-electron chi connectivity index (χ4n) is 1.92. The number of aryl methyl sites for hydroxylation is 1. The largest absolute Gasteiger partial charge is 0.343 e. The number of unbranched alkanes of at least 4 members (excludes halogenated alkanes) is 1. The maximum Gasteiger partial charge on any atom is 0.343 e. The topological polar surface area (TPSA) is 79.8 Å². The lowest BCUT2D eigenvalue weighted by atomic mass is 10.2. The summed E-state index contributed by atoms with van der Waals surface area (Å²) < 4.78 is 1.56. The van der Waals surface area contributed by atoms with Gasteiger partial charge in [0.1, 0.15) is 0 Å². The lowest BCUT2D eigenvalue weighted by Crippen LogP contribution is -2.19. The van der Waals surface area contributed by atoms with Gasteiger partial charge in [0.25, 0.3) is 0 Å². The molecule has 0 atom stereocenters. The molecule has 2 aromatic rings. The molecule has 0 aliphatic rings. The van der Waals surface area contributed by atoms with Crippen LogP contribution in [0.3, 0.4) is 0 Å². The van der Waals surface area contributed by atoms with Gasteiger partial charge in [-0.1, -0.05) is 42.8 Å². The predicted molar refractivity (Wildman–Crippen MR) is 93.3 cm³/mol. The number of nitrogens with zero attached hydrogens (tertiary/aromatic N) is 2. The third-order valence-corrected chi connectivity index (χ3v) is 4.63. The Bertz CT molecular complexity index is 741. The van der Waals surface area contributed by atoms with Crippen molar-refractivity contribution in [3.05, 3.63) is 39.3 Å². The number of aromatic nitrogens is 3. The van der Waals surface area contributed by atoms with Crippen LogP contribution in [0, 0.1) is 6.92 Å². The summed E-state index contributed by atoms with van der Waals surface area (Å²) in [5.74, 6) is -0.00513. The third kappa shape index (κ3) is 4.87. The Labute approximate surface area is 143 Å². The van der Waals surface area contributed by atoms with Crippen LogP contribution in [-0.4, -0.2) is 26.4 Å². The molecular weight excluding hydrogens is 336 g/mol. The van der Waals surface area contributed by atoms with Crippen molar-refractivity contribution in [2.24, 2.45) is 0 Å². The van der Waals surface area contributed by atoms with Crippen molar-refractivity contribution in [2.45, 2.75) is 38.4 Å². The normalized spacial score (nSPS) is 10.7. The van der Waals surface area contributed by atoms with E-state index >= 15 is 0 Å². The maximum atomic E-state index is 12.0. The second-order valence-electron chi connectivity index (χ2n) is 5.12. The van der Waals surface area contributed by atoms with Gasteiger partial charge in [-0.25, -0.2) is 9.89 Å². The number of hydrogen-bond acceptors (Lipinski definition) is 4. The van der Waals surface area contributed by atoms with Crippen LogP contribution in [0.15, 0.2) is 28.2 Å². The molecule has 1 amide bonds. The molecule has 8 heteroatoms. The molecule has 23 heavy (non-hydrogen) atoms. The van der Waals surface area contributed by atoms with Crippen LogP contribution in [0.1, 0.15) is 25.3 Å². The van der Waals surface area contributed by atoms with Gasteiger partial charge in [-0.2, -0.15) is 0 Å². The Morgan fingerprint density at radius 3 is 2.96 bits per heavy atom. The van der Waals surface area contributed by atoms with Gasteiger partial charge in [-0.3, -0.25) is 9.36 Å². The van der Waals surface area contributed by atoms with Crippen LogP contribution in [0.2, 0.25) is 5.02 Å². The molecule has 1 aromatic carbocycles. The zero-order valence-electron chi connectivity index (χ0n) is 13.1. The highest BCUT2D eigenvalue weighted by Crippen LogP contribution is 2.20. The van der Waals surface area contributed by atoms with Crippen molar-refractivity contribution >= 4 is 35.0 Å². The fourth-order valence-corrected chi connectivity index (χ4v) is 2.88. The first-order chi connectivity index (χ1) is 11.0. The Morgan fingerprint density at radius 1 is 1.48 bits per heavy atom. The molecule has 2 N–H and O–H groups in total. The summed E-state index contributed by atoms with van der Waals surface area (Å²) in [5, 5.41) is 10.3. The zero-order valence-corrected chi connectivity index (χ0v) is 14.6. The molecule has 0 saturated heterocycles. The minimum Gasteiger partial charge on any atom is -0.325 e. The van der Waals surface area contributed by atoms with Gasteiger partial charge in [-0.05, 0) is 31.0 Å². The molecule has 0 unspecified atom stereocenters. The average molecular weight is 355 g/mol. The molecule has 0 radical (unpaired) electrons. The fraction of sp³-hybridized carbons (Fsp3) is 0.400. The van der Waals surface area contributed by atoms with E-state index in [2.05, 4.69) is 22.4 Å². The minimum absolute atomic E-state index is 0.169. The number of nitrogens with one attached hydrogen (secondary N) is 2. The Kier molecular flexibility index (Phi) is 6.29. The minimum atomic E-state index is -0.244. The molecule has 0 fully saturated rings. The lowest BCUT2D eigenvalue weighted by molar-refractivity contribution is -0.113. The zero-order chi connectivity index (χ0) is 16.8. The van der Waals surface area contributed by atoms with E-state index < -0.39 is 0 Å². The van der Waals surface area contributed by atoms with E-state index in [4.69, 9.17) is 11.6 Å². The molecule has 0 spiro atoms. The number of carbonyl (C=O) groups excluding carboxylic acids is 1. The predicted octanol–water partition coefficient (Wildman–Crippen LogP) is 3.06. The smallest absolute Gasteiger partial charge is 0.325 e. The van der Waals surface area contributed by atoms with Crippen LogP contribution in [0.4, 0.5) is 5.69 Å². The quantitative estimate of drug-likeness (QED) is 0.749. The number of H-pyrrole nitrogens is 1. The first kappa shape index (κ1) is 17.6. The van der Waals surface area contributed by atoms with Crippen molar-refractivity contribution in [3.8, 4) is 0 Å². The summed E-state index contributed by atoms with van der Waals surface area (Å²) >= 11 is 7.26. The number of amides is 1. The van der Waals surface area contributed by atoms with E-state index in [0.29, 0.717) is 22.4 Å². The van der Waals surface area contributed by atoms with E-state index in [1.807, 2.05) is 13.0 Å². The molecular formula is C15H19ClN4O2S. The molecule has 124 valence electrons. The lowest BCUT2D eigenvalue weighted by Gasteiger charge is -2.07. The summed E-state index contributed by atoms with van der Waals surface area (Å²) in [5.41, 5.74) is 1.36. The van der Waals surface area contributed by atoms with E-state index in [9.17, 15) is 9.59 Å². The van der Waals surface area contributed by atoms with Crippen molar-refractivity contribution < 1.29 is 4.79 Å². The average Bonchev–Trinajstić information content (AvgIpc) is 2.87. The molecule has 1 aromatic heterocycles. The second-order valence-corrected chi connectivity index (χ2v) is 6.47. The second kappa shape index (κ2) is 8.21. The van der Waals surface area contributed by atoms with E-state index in [1.54, 1.807) is 16.7 Å². The molecule has 0 aliphatic carbocycles. The summed E-state index contributed by atoms with van der Waals surface area (Å²) in [6, 6.07) is 5.36. The molecule has 0 bridgehead atoms. The standard InChI is InChI=1S/C15H19ClN4O2S/c1-3-4-7-20-14(22)18-19-15(20)23-9-13(21)17-11-6-5-10(2)12(16)8-11/h5-6,8H,3-4,7,9H2,1-2H3,(H,17,21)(H,18,22). The highest BCUT2D eigenvalue weighted by Gasteiger charge is 2.11. The number of rotatable bonds is 7. The monoisotopic (exact) mass is 354 g/mol. The first-order valence-corrected chi connectivity index (χ1v) is 8.71. The molecule has 6 nitrogen and oxygen atoms in total. The van der Waals surface area contributed by atoms with Crippen LogP contribution in [-0.2, 0) is 11.3 Å². The Hall–Kier alpha value is -1.73. The number of thioether (sulfide) groups is 1. The van der Waals surface area contributed by atoms with E-state index in [1.165, 1.54) is 11.8 Å². The van der Waals surface area contributed by atoms with E-state index in [-0.39, 0.29) is 17.3 Å². The highest BCUT2D eigenvalue weighted by molar-refractivity contribution is 7.99. The van der Waals surface area contributed by atoms with Gasteiger partial charge in [0.2, 0.25) is 5.91 Å². The Morgan fingerprint density at radius 2 is 2.26 bits per heavy atom. The number of halogens is 1. The van der Waals surface area contributed by atoms with Crippen LogP contribution < -0.4 is 11.0 Å². The number of aromatic amines is 1. The third-order valence-electron chi connectivity index (χ3n) is 3.25. The van der Waals surface area contributed by atoms with E-state index in [0.717, 1.165) is 18.4 Å². The van der Waals surface area contributed by atoms with Crippen LogP contribution >= 0.6 is 23.4 Å². The summed E-state index contributed by atoms with van der Waals surface area (Å²) in [4.78, 5) is 23.7. The van der Waals surface area contributed by atoms with Crippen molar-refractivity contribution in [2.75, 3.05) is 11.1 Å². The highest BCUT2D eigenvalue weighted by atomic mass is 35.5. The van der Waals surface area contributed by atoms with Gasteiger partial charge in [0, 0.05) is 17.3 Å². The maximum absolute atomic E-state index is 12.0. The molecule has 1 heterocycles. The van der Waals surface area contributed by atoms with Gasteiger partial charge in [-0.15, -0.1) is 5.10 Å². The summed E-state index contributed by atoms with van der Waals surface area (Å²) in [6.07, 6.45) is 1.87. The molecule has 0 aliphatic heterocycles. The van der Waals surface area contributed by atoms with Crippen LogP contribution in [0.25, 0.3) is 0 Å². The summed E-state index contributed by atoms with van der Waals surface area (Å²) in [6.45, 7) is 4.55. The van der Waals surface area contributed by atoms with Crippen molar-refractivity contribution in [1.29, 1.82) is 0 Å². The SMILES string of the molecule is CCCCn1c(SCC(=O)Nc2ccc(C)c(Cl)c2)n[nH]c1=O. The number of carbonyl (C=O) groups is 1. The Balaban J connectivity index is 1.94. The van der Waals surface area contributed by atoms with Crippen molar-refractivity contribution in [3.63, 3.8) is 0 Å². The number of anilines is 1. The van der Waals surface area contributed by atoms with Gasteiger partial charge >= 0.3 is 5.69 Å². The first-order valence-electron chi connectivity index (χ1n) is 7.35. The summed E-state index contributed by atoms with van der Waals surface area (Å²) in [7, 11) is 0. The van der Waals surface area contributed by atoms with Gasteiger partial charge in [0.05, 0.1) is 5.75 Å². The number of benzene rings is 1. The number of hydrogen-bond donors (Lipinski definition) is 2. The van der Waals surface area contributed by atoms with Crippen LogP contribution in [0.5, 0.6) is 0 Å². The van der Waals surface area contributed by atoms with Crippen molar-refractivity contribution in [1.82, 2.24) is 14.8 Å².